The third-order valence-electron chi connectivity index (χ3n) is 3.74. The summed E-state index contributed by atoms with van der Waals surface area (Å²) in [7, 11) is 0. The molecule has 19 heavy (non-hydrogen) atoms. The highest BCUT2D eigenvalue weighted by Gasteiger charge is 2.22. The maximum atomic E-state index is 9.19. The lowest BCUT2D eigenvalue weighted by atomic mass is 9.94. The zero-order chi connectivity index (χ0) is 13.9. The molecule has 0 bridgehead atoms. The molecule has 102 valence electrons. The van der Waals surface area contributed by atoms with Crippen molar-refractivity contribution in [3.05, 3.63) is 30.0 Å². The first kappa shape index (κ1) is 13.7. The van der Waals surface area contributed by atoms with Gasteiger partial charge in [0.1, 0.15) is 0 Å². The van der Waals surface area contributed by atoms with E-state index in [9.17, 15) is 5.11 Å². The second-order valence-electron chi connectivity index (χ2n) is 5.19. The third kappa shape index (κ3) is 2.84. The summed E-state index contributed by atoms with van der Waals surface area (Å²) in [6, 6.07) is 8.12. The van der Waals surface area contributed by atoms with Crippen molar-refractivity contribution in [3.8, 4) is 0 Å². The summed E-state index contributed by atoms with van der Waals surface area (Å²) in [5, 5.41) is 23.3. The van der Waals surface area contributed by atoms with Crippen molar-refractivity contribution in [1.29, 1.82) is 0 Å². The molecule has 0 saturated carbocycles. The smallest absolute Gasteiger partial charge is 0.157 e. The highest BCUT2D eigenvalue weighted by atomic mass is 16.3. The molecule has 0 radical (unpaired) electrons. The summed E-state index contributed by atoms with van der Waals surface area (Å²) >= 11 is 0. The van der Waals surface area contributed by atoms with Crippen LogP contribution in [0.1, 0.15) is 32.4 Å². The van der Waals surface area contributed by atoms with Crippen LogP contribution in [-0.2, 0) is 0 Å². The zero-order valence-electron chi connectivity index (χ0n) is 11.8. The number of benzene rings is 1. The number of rotatable bonds is 5. The van der Waals surface area contributed by atoms with Gasteiger partial charge in [0.15, 0.2) is 5.82 Å². The second kappa shape index (κ2) is 5.53. The van der Waals surface area contributed by atoms with Gasteiger partial charge in [0.05, 0.1) is 5.69 Å². The lowest BCUT2D eigenvalue weighted by Gasteiger charge is -2.30. The fraction of sp³-hybridized carbons (Fsp3) is 0.467. The number of aliphatic hydroxyl groups is 1. The number of hydrogen-bond donors (Lipinski definition) is 2. The zero-order valence-corrected chi connectivity index (χ0v) is 11.8. The third-order valence-corrected chi connectivity index (χ3v) is 3.74. The quantitative estimate of drug-likeness (QED) is 0.867. The van der Waals surface area contributed by atoms with E-state index in [0.717, 1.165) is 28.7 Å². The van der Waals surface area contributed by atoms with Crippen LogP contribution in [0.15, 0.2) is 24.3 Å². The molecule has 0 fully saturated rings. The average Bonchev–Trinajstić information content (AvgIpc) is 2.43. The molecule has 0 amide bonds. The van der Waals surface area contributed by atoms with E-state index in [2.05, 4.69) is 35.4 Å². The van der Waals surface area contributed by atoms with Gasteiger partial charge in [-0.15, -0.1) is 5.10 Å². The summed E-state index contributed by atoms with van der Waals surface area (Å²) in [4.78, 5) is 0. The second-order valence-corrected chi connectivity index (χ2v) is 5.19. The maximum absolute atomic E-state index is 9.19. The Kier molecular flexibility index (Phi) is 4.00. The van der Waals surface area contributed by atoms with E-state index < -0.39 is 0 Å². The molecule has 1 atom stereocenters. The van der Waals surface area contributed by atoms with Crippen LogP contribution in [0.5, 0.6) is 0 Å². The van der Waals surface area contributed by atoms with Crippen LogP contribution in [0.25, 0.3) is 10.8 Å². The number of nitrogens with one attached hydrogen (secondary N) is 1. The van der Waals surface area contributed by atoms with Crippen molar-refractivity contribution >= 4 is 16.6 Å². The van der Waals surface area contributed by atoms with E-state index in [-0.39, 0.29) is 12.1 Å². The van der Waals surface area contributed by atoms with Crippen LogP contribution < -0.4 is 5.32 Å². The molecule has 0 saturated heterocycles. The van der Waals surface area contributed by atoms with Gasteiger partial charge in [-0.3, -0.25) is 0 Å². The topological polar surface area (TPSA) is 58.0 Å². The van der Waals surface area contributed by atoms with Crippen molar-refractivity contribution in [2.24, 2.45) is 0 Å². The van der Waals surface area contributed by atoms with Crippen LogP contribution in [0.2, 0.25) is 0 Å². The van der Waals surface area contributed by atoms with Crippen LogP contribution in [-0.4, -0.2) is 27.4 Å². The van der Waals surface area contributed by atoms with Gasteiger partial charge < -0.3 is 10.4 Å². The number of aliphatic hydroxyl groups excluding tert-OH is 1. The van der Waals surface area contributed by atoms with Crippen molar-refractivity contribution in [2.75, 3.05) is 11.9 Å². The van der Waals surface area contributed by atoms with Crippen LogP contribution in [0.3, 0.4) is 0 Å². The SMILES string of the molecule is CCC(C)(CCO)Nc1nnc(C)c2ccccc12. The summed E-state index contributed by atoms with van der Waals surface area (Å²) in [5.41, 5.74) is 0.767. The lowest BCUT2D eigenvalue weighted by molar-refractivity contribution is 0.252. The Morgan fingerprint density at radius 3 is 2.53 bits per heavy atom. The Morgan fingerprint density at radius 2 is 1.89 bits per heavy atom. The Labute approximate surface area is 113 Å². The molecule has 2 N–H and O–H groups in total. The first-order valence-corrected chi connectivity index (χ1v) is 6.71. The van der Waals surface area contributed by atoms with Gasteiger partial charge in [-0.1, -0.05) is 31.2 Å². The molecule has 0 aliphatic rings. The number of aryl methyl sites for hydroxylation is 1. The summed E-state index contributed by atoms with van der Waals surface area (Å²) in [5.74, 6) is 0.791. The Bertz CT molecular complexity index is 570. The summed E-state index contributed by atoms with van der Waals surface area (Å²) in [6.07, 6.45) is 1.60. The molecule has 1 aromatic carbocycles. The minimum atomic E-state index is -0.165. The largest absolute Gasteiger partial charge is 0.396 e. The van der Waals surface area contributed by atoms with Crippen molar-refractivity contribution < 1.29 is 5.11 Å². The standard InChI is InChI=1S/C15H21N3O/c1-4-15(3,9-10-19)16-14-13-8-6-5-7-12(13)11(2)17-18-14/h5-8,19H,4,9-10H2,1-3H3,(H,16,18). The van der Waals surface area contributed by atoms with Gasteiger partial charge in [0.2, 0.25) is 0 Å². The van der Waals surface area contributed by atoms with Crippen molar-refractivity contribution in [3.63, 3.8) is 0 Å². The van der Waals surface area contributed by atoms with E-state index in [1.54, 1.807) is 0 Å². The minimum absolute atomic E-state index is 0.161. The van der Waals surface area contributed by atoms with Gasteiger partial charge in [-0.25, -0.2) is 0 Å². The molecule has 0 spiro atoms. The Balaban J connectivity index is 2.43. The number of nitrogens with zero attached hydrogens (tertiary/aromatic N) is 2. The Hall–Kier alpha value is -1.68. The van der Waals surface area contributed by atoms with Crippen molar-refractivity contribution in [2.45, 2.75) is 39.2 Å². The number of fused-ring (bicyclic) bond motifs is 1. The molecule has 4 nitrogen and oxygen atoms in total. The molecule has 1 heterocycles. The number of aromatic nitrogens is 2. The van der Waals surface area contributed by atoms with Gasteiger partial charge in [0.25, 0.3) is 0 Å². The molecule has 2 aromatic rings. The number of anilines is 1. The Morgan fingerprint density at radius 1 is 1.21 bits per heavy atom. The molecule has 1 unspecified atom stereocenters. The van der Waals surface area contributed by atoms with Crippen LogP contribution in [0, 0.1) is 6.92 Å². The predicted molar refractivity (Wildman–Crippen MR) is 78.3 cm³/mol. The predicted octanol–water partition coefficient (Wildman–Crippen LogP) is 2.90. The normalized spacial score (nSPS) is 14.3. The number of hydrogen-bond acceptors (Lipinski definition) is 4. The van der Waals surface area contributed by atoms with E-state index in [1.807, 2.05) is 25.1 Å². The van der Waals surface area contributed by atoms with E-state index in [0.29, 0.717) is 6.42 Å². The maximum Gasteiger partial charge on any atom is 0.157 e. The van der Waals surface area contributed by atoms with Gasteiger partial charge >= 0.3 is 0 Å². The molecule has 2 rings (SSSR count). The van der Waals surface area contributed by atoms with E-state index in [1.165, 1.54) is 0 Å². The molecular weight excluding hydrogens is 238 g/mol. The summed E-state index contributed by atoms with van der Waals surface area (Å²) < 4.78 is 0. The van der Waals surface area contributed by atoms with Crippen molar-refractivity contribution in [1.82, 2.24) is 10.2 Å². The fourth-order valence-electron chi connectivity index (χ4n) is 2.19. The summed E-state index contributed by atoms with van der Waals surface area (Å²) in [6.45, 7) is 6.33. The molecule has 0 aliphatic heterocycles. The molecule has 1 aromatic heterocycles. The van der Waals surface area contributed by atoms with E-state index in [4.69, 9.17) is 0 Å². The van der Waals surface area contributed by atoms with Gasteiger partial charge in [0, 0.05) is 22.9 Å². The monoisotopic (exact) mass is 259 g/mol. The molecule has 4 heteroatoms. The van der Waals surface area contributed by atoms with Crippen LogP contribution >= 0.6 is 0 Å². The minimum Gasteiger partial charge on any atom is -0.396 e. The highest BCUT2D eigenvalue weighted by Crippen LogP contribution is 2.27. The fourth-order valence-corrected chi connectivity index (χ4v) is 2.19. The lowest BCUT2D eigenvalue weighted by Crippen LogP contribution is -2.35. The molecular formula is C15H21N3O. The molecule has 0 aliphatic carbocycles. The highest BCUT2D eigenvalue weighted by molar-refractivity contribution is 5.93. The average molecular weight is 259 g/mol. The first-order chi connectivity index (χ1) is 9.09. The van der Waals surface area contributed by atoms with Gasteiger partial charge in [-0.05, 0) is 26.7 Å². The first-order valence-electron chi connectivity index (χ1n) is 6.71. The van der Waals surface area contributed by atoms with E-state index >= 15 is 0 Å². The van der Waals surface area contributed by atoms with Gasteiger partial charge in [-0.2, -0.15) is 5.10 Å². The van der Waals surface area contributed by atoms with Crippen LogP contribution in [0.4, 0.5) is 5.82 Å².